The van der Waals surface area contributed by atoms with Crippen LogP contribution in [0.4, 0.5) is 0 Å². The van der Waals surface area contributed by atoms with Gasteiger partial charge in [0, 0.05) is 17.5 Å². The molecular formula is C11H18N2OS. The predicted octanol–water partition coefficient (Wildman–Crippen LogP) is 2.13. The van der Waals surface area contributed by atoms with Gasteiger partial charge in [0.2, 0.25) is 0 Å². The molecule has 0 aromatic carbocycles. The molecular weight excluding hydrogens is 208 g/mol. The molecule has 0 saturated carbocycles. The quantitative estimate of drug-likeness (QED) is 0.611. The van der Waals surface area contributed by atoms with Gasteiger partial charge in [0.05, 0.1) is 6.10 Å². The van der Waals surface area contributed by atoms with Crippen LogP contribution in [0.1, 0.15) is 35.7 Å². The Hall–Kier alpha value is -0.420. The third kappa shape index (κ3) is 2.58. The molecule has 2 heterocycles. The first-order valence-electron chi connectivity index (χ1n) is 5.43. The molecule has 2 unspecified atom stereocenters. The lowest BCUT2D eigenvalue weighted by molar-refractivity contribution is 0.0946. The average molecular weight is 226 g/mol. The maximum Gasteiger partial charge on any atom is 0.0594 e. The number of thiophene rings is 1. The Balaban J connectivity index is 2.00. The average Bonchev–Trinajstić information content (AvgIpc) is 2.85. The Labute approximate surface area is 94.6 Å². The van der Waals surface area contributed by atoms with E-state index in [9.17, 15) is 0 Å². The third-order valence-electron chi connectivity index (χ3n) is 3.00. The number of rotatable bonds is 4. The molecule has 84 valence electrons. The van der Waals surface area contributed by atoms with Crippen LogP contribution in [0.2, 0.25) is 0 Å². The van der Waals surface area contributed by atoms with Crippen LogP contribution in [-0.4, -0.2) is 12.7 Å². The molecule has 2 atom stereocenters. The molecule has 1 aromatic heterocycles. The van der Waals surface area contributed by atoms with Crippen LogP contribution in [0.3, 0.4) is 0 Å². The van der Waals surface area contributed by atoms with Gasteiger partial charge in [-0.3, -0.25) is 11.3 Å². The smallest absolute Gasteiger partial charge is 0.0594 e. The molecule has 1 aliphatic rings. The number of aryl methyl sites for hydroxylation is 1. The molecule has 3 N–H and O–H groups in total. The second kappa shape index (κ2) is 5.07. The van der Waals surface area contributed by atoms with Crippen LogP contribution < -0.4 is 11.3 Å². The lowest BCUT2D eigenvalue weighted by Gasteiger charge is -2.19. The highest BCUT2D eigenvalue weighted by molar-refractivity contribution is 7.10. The van der Waals surface area contributed by atoms with Crippen LogP contribution in [0.25, 0.3) is 0 Å². The fraction of sp³-hybridized carbons (Fsp3) is 0.636. The van der Waals surface area contributed by atoms with Gasteiger partial charge >= 0.3 is 0 Å². The summed E-state index contributed by atoms with van der Waals surface area (Å²) < 4.78 is 5.63. The van der Waals surface area contributed by atoms with Gasteiger partial charge in [0.1, 0.15) is 0 Å². The maximum absolute atomic E-state index is 5.63. The fourth-order valence-electron chi connectivity index (χ4n) is 2.13. The minimum absolute atomic E-state index is 0.236. The summed E-state index contributed by atoms with van der Waals surface area (Å²) in [6.45, 7) is 3.05. The van der Waals surface area contributed by atoms with Crippen molar-refractivity contribution in [1.29, 1.82) is 0 Å². The van der Waals surface area contributed by atoms with Gasteiger partial charge < -0.3 is 4.74 Å². The highest BCUT2D eigenvalue weighted by atomic mass is 32.1. The summed E-state index contributed by atoms with van der Waals surface area (Å²) in [4.78, 5) is 1.34. The fourth-order valence-corrected chi connectivity index (χ4v) is 2.90. The van der Waals surface area contributed by atoms with Crippen molar-refractivity contribution in [2.45, 2.75) is 38.3 Å². The van der Waals surface area contributed by atoms with E-state index in [0.29, 0.717) is 6.10 Å². The summed E-state index contributed by atoms with van der Waals surface area (Å²) in [5, 5.41) is 2.12. The molecule has 1 saturated heterocycles. The zero-order valence-corrected chi connectivity index (χ0v) is 9.85. The molecule has 4 heteroatoms. The molecule has 2 rings (SSSR count). The number of nitrogens with two attached hydrogens (primary N) is 1. The van der Waals surface area contributed by atoms with Crippen LogP contribution >= 0.6 is 11.3 Å². The predicted molar refractivity (Wildman–Crippen MR) is 62.7 cm³/mol. The second-order valence-electron chi connectivity index (χ2n) is 4.02. The lowest BCUT2D eigenvalue weighted by Crippen LogP contribution is -2.31. The molecule has 15 heavy (non-hydrogen) atoms. The minimum Gasteiger partial charge on any atom is -0.378 e. The van der Waals surface area contributed by atoms with Gasteiger partial charge in [-0.1, -0.05) is 0 Å². The molecule has 1 aromatic rings. The Kier molecular flexibility index (Phi) is 3.75. The lowest BCUT2D eigenvalue weighted by atomic mass is 10.0. The first kappa shape index (κ1) is 11.1. The van der Waals surface area contributed by atoms with Crippen molar-refractivity contribution in [3.63, 3.8) is 0 Å². The summed E-state index contributed by atoms with van der Waals surface area (Å²) in [5.74, 6) is 5.61. The summed E-state index contributed by atoms with van der Waals surface area (Å²) in [6.07, 6.45) is 3.71. The van der Waals surface area contributed by atoms with Crippen molar-refractivity contribution in [2.75, 3.05) is 6.61 Å². The van der Waals surface area contributed by atoms with E-state index in [1.165, 1.54) is 23.3 Å². The summed E-state index contributed by atoms with van der Waals surface area (Å²) in [6, 6.07) is 2.39. The number of hydrazine groups is 1. The van der Waals surface area contributed by atoms with Gasteiger partial charge in [-0.25, -0.2) is 0 Å². The molecule has 3 nitrogen and oxygen atoms in total. The van der Waals surface area contributed by atoms with Crippen LogP contribution in [0, 0.1) is 6.92 Å². The van der Waals surface area contributed by atoms with E-state index >= 15 is 0 Å². The van der Waals surface area contributed by atoms with Crippen LogP contribution in [-0.2, 0) is 4.74 Å². The first-order valence-corrected chi connectivity index (χ1v) is 6.31. The van der Waals surface area contributed by atoms with Gasteiger partial charge in [-0.05, 0) is 43.2 Å². The Morgan fingerprint density at radius 2 is 2.60 bits per heavy atom. The molecule has 0 spiro atoms. The van der Waals surface area contributed by atoms with Crippen LogP contribution in [0.5, 0.6) is 0 Å². The largest absolute Gasteiger partial charge is 0.378 e. The SMILES string of the molecule is Cc1sccc1C(CC1CCCO1)NN. The van der Waals surface area contributed by atoms with Crippen molar-refractivity contribution in [1.82, 2.24) is 5.43 Å². The van der Waals surface area contributed by atoms with Gasteiger partial charge in [-0.15, -0.1) is 11.3 Å². The van der Waals surface area contributed by atoms with E-state index in [1.807, 2.05) is 0 Å². The summed E-state index contributed by atoms with van der Waals surface area (Å²) in [7, 11) is 0. The summed E-state index contributed by atoms with van der Waals surface area (Å²) >= 11 is 1.77. The monoisotopic (exact) mass is 226 g/mol. The number of hydrogen-bond acceptors (Lipinski definition) is 4. The van der Waals surface area contributed by atoms with Crippen molar-refractivity contribution >= 4 is 11.3 Å². The zero-order valence-electron chi connectivity index (χ0n) is 9.03. The molecule has 0 bridgehead atoms. The number of ether oxygens (including phenoxy) is 1. The van der Waals surface area contributed by atoms with Crippen LogP contribution in [0.15, 0.2) is 11.4 Å². The molecule has 1 fully saturated rings. The topological polar surface area (TPSA) is 47.3 Å². The van der Waals surface area contributed by atoms with E-state index in [2.05, 4.69) is 23.8 Å². The van der Waals surface area contributed by atoms with E-state index < -0.39 is 0 Å². The first-order chi connectivity index (χ1) is 7.31. The van der Waals surface area contributed by atoms with Gasteiger partial charge in [0.25, 0.3) is 0 Å². The highest BCUT2D eigenvalue weighted by Gasteiger charge is 2.22. The van der Waals surface area contributed by atoms with Gasteiger partial charge in [-0.2, -0.15) is 0 Å². The van der Waals surface area contributed by atoms with E-state index in [1.54, 1.807) is 11.3 Å². The highest BCUT2D eigenvalue weighted by Crippen LogP contribution is 2.28. The Morgan fingerprint density at radius 1 is 1.73 bits per heavy atom. The van der Waals surface area contributed by atoms with Gasteiger partial charge in [0.15, 0.2) is 0 Å². The van der Waals surface area contributed by atoms with E-state index in [-0.39, 0.29) is 6.04 Å². The minimum atomic E-state index is 0.236. The third-order valence-corrected chi connectivity index (χ3v) is 3.86. The van der Waals surface area contributed by atoms with Crippen molar-refractivity contribution in [2.24, 2.45) is 5.84 Å². The Bertz CT molecular complexity index is 307. The number of hydrogen-bond donors (Lipinski definition) is 2. The second-order valence-corrected chi connectivity index (χ2v) is 5.14. The maximum atomic E-state index is 5.63. The van der Waals surface area contributed by atoms with E-state index in [0.717, 1.165) is 13.0 Å². The molecule has 1 aliphatic heterocycles. The summed E-state index contributed by atoms with van der Waals surface area (Å²) in [5.41, 5.74) is 4.22. The number of nitrogens with one attached hydrogen (secondary N) is 1. The zero-order chi connectivity index (χ0) is 10.7. The molecule has 0 amide bonds. The van der Waals surface area contributed by atoms with Crippen molar-refractivity contribution in [3.05, 3.63) is 21.9 Å². The molecule has 0 aliphatic carbocycles. The standard InChI is InChI=1S/C11H18N2OS/c1-8-10(4-6-15-8)11(13-12)7-9-3-2-5-14-9/h4,6,9,11,13H,2-3,5,7,12H2,1H3. The molecule has 0 radical (unpaired) electrons. The normalized spacial score (nSPS) is 23.2. The van der Waals surface area contributed by atoms with Crippen molar-refractivity contribution in [3.8, 4) is 0 Å². The van der Waals surface area contributed by atoms with Crippen molar-refractivity contribution < 1.29 is 4.74 Å². The van der Waals surface area contributed by atoms with E-state index in [4.69, 9.17) is 10.6 Å². The Morgan fingerprint density at radius 3 is 3.13 bits per heavy atom.